The first kappa shape index (κ1) is 14.7. The average Bonchev–Trinajstić information content (AvgIpc) is 2.31. The van der Waals surface area contributed by atoms with Gasteiger partial charge >= 0.3 is 5.97 Å². The van der Waals surface area contributed by atoms with Gasteiger partial charge in [-0.2, -0.15) is 5.26 Å². The largest absolute Gasteiger partial charge is 0.481 e. The summed E-state index contributed by atoms with van der Waals surface area (Å²) in [7, 11) is -1.29. The van der Waals surface area contributed by atoms with Crippen molar-refractivity contribution in [1.82, 2.24) is 0 Å². The van der Waals surface area contributed by atoms with E-state index in [1.54, 1.807) is 12.1 Å². The van der Waals surface area contributed by atoms with E-state index in [2.05, 4.69) is 0 Å². The van der Waals surface area contributed by atoms with Crippen LogP contribution in [0.4, 0.5) is 0 Å². The third-order valence-electron chi connectivity index (χ3n) is 2.36. The van der Waals surface area contributed by atoms with E-state index in [0.29, 0.717) is 16.1 Å². The Morgan fingerprint density at radius 3 is 2.78 bits per heavy atom. The smallest absolute Gasteiger partial charge is 0.307 e. The molecule has 6 heteroatoms. The lowest BCUT2D eigenvalue weighted by atomic mass is 10.2. The molecular weight excluding hydrogens is 274 g/mol. The van der Waals surface area contributed by atoms with Gasteiger partial charge in [-0.05, 0) is 17.7 Å². The Bertz CT molecular complexity index is 525. The van der Waals surface area contributed by atoms with Gasteiger partial charge in [-0.25, -0.2) is 0 Å². The van der Waals surface area contributed by atoms with Gasteiger partial charge in [0.05, 0.1) is 23.3 Å². The summed E-state index contributed by atoms with van der Waals surface area (Å²) in [5, 5.41) is 17.8. The highest BCUT2D eigenvalue weighted by molar-refractivity contribution is 7.84. The predicted octanol–water partition coefficient (Wildman–Crippen LogP) is 2.18. The number of nitriles is 1. The molecule has 1 aromatic rings. The van der Waals surface area contributed by atoms with Gasteiger partial charge in [0.15, 0.2) is 0 Å². The predicted molar refractivity (Wildman–Crippen MR) is 69.7 cm³/mol. The SMILES string of the molecule is CC(CS(=O)Cc1ccc(C#N)cc1Cl)C(=O)O. The van der Waals surface area contributed by atoms with Crippen molar-refractivity contribution in [3.05, 3.63) is 34.3 Å². The quantitative estimate of drug-likeness (QED) is 0.899. The maximum Gasteiger partial charge on any atom is 0.307 e. The van der Waals surface area contributed by atoms with E-state index in [1.807, 2.05) is 6.07 Å². The van der Waals surface area contributed by atoms with E-state index < -0.39 is 22.7 Å². The molecule has 96 valence electrons. The first-order valence-corrected chi connectivity index (χ1v) is 7.07. The second-order valence-corrected chi connectivity index (χ2v) is 5.82. The zero-order valence-corrected chi connectivity index (χ0v) is 11.3. The summed E-state index contributed by atoms with van der Waals surface area (Å²) >= 11 is 5.95. The molecule has 0 aliphatic heterocycles. The summed E-state index contributed by atoms with van der Waals surface area (Å²) in [5.74, 6) is -1.33. The van der Waals surface area contributed by atoms with Crippen LogP contribution in [0.3, 0.4) is 0 Å². The van der Waals surface area contributed by atoms with Crippen molar-refractivity contribution in [2.24, 2.45) is 5.92 Å². The first-order valence-electron chi connectivity index (χ1n) is 5.20. The molecule has 0 aliphatic carbocycles. The molecule has 0 aliphatic rings. The number of aliphatic carboxylic acids is 1. The lowest BCUT2D eigenvalue weighted by molar-refractivity contribution is -0.140. The van der Waals surface area contributed by atoms with Gasteiger partial charge in [-0.3, -0.25) is 9.00 Å². The van der Waals surface area contributed by atoms with E-state index in [9.17, 15) is 9.00 Å². The maximum atomic E-state index is 11.8. The Balaban J connectivity index is 2.71. The van der Waals surface area contributed by atoms with Crippen LogP contribution in [0.2, 0.25) is 5.02 Å². The Hall–Kier alpha value is -1.38. The summed E-state index contributed by atoms with van der Waals surface area (Å²) in [6.07, 6.45) is 0. The van der Waals surface area contributed by atoms with Gasteiger partial charge < -0.3 is 5.11 Å². The molecule has 0 radical (unpaired) electrons. The highest BCUT2D eigenvalue weighted by atomic mass is 35.5. The Kier molecular flexibility index (Phi) is 5.32. The summed E-state index contributed by atoms with van der Waals surface area (Å²) in [6.45, 7) is 1.51. The number of hydrogen-bond donors (Lipinski definition) is 1. The van der Waals surface area contributed by atoms with Crippen LogP contribution >= 0.6 is 11.6 Å². The molecule has 0 spiro atoms. The third-order valence-corrected chi connectivity index (χ3v) is 4.21. The lowest BCUT2D eigenvalue weighted by Crippen LogP contribution is -2.18. The van der Waals surface area contributed by atoms with Crippen molar-refractivity contribution in [1.29, 1.82) is 5.26 Å². The van der Waals surface area contributed by atoms with Crippen molar-refractivity contribution < 1.29 is 14.1 Å². The minimum atomic E-state index is -1.29. The van der Waals surface area contributed by atoms with Gasteiger partial charge in [-0.15, -0.1) is 0 Å². The molecule has 0 aromatic heterocycles. The van der Waals surface area contributed by atoms with E-state index in [1.165, 1.54) is 13.0 Å². The molecule has 1 N–H and O–H groups in total. The van der Waals surface area contributed by atoms with Crippen molar-refractivity contribution >= 4 is 28.4 Å². The molecule has 0 heterocycles. The molecule has 4 nitrogen and oxygen atoms in total. The summed E-state index contributed by atoms with van der Waals surface area (Å²) < 4.78 is 11.8. The van der Waals surface area contributed by atoms with Crippen LogP contribution in [0.5, 0.6) is 0 Å². The Labute approximate surface area is 113 Å². The fourth-order valence-corrected chi connectivity index (χ4v) is 3.06. The number of carboxylic acids is 1. The van der Waals surface area contributed by atoms with Gasteiger partial charge in [0.25, 0.3) is 0 Å². The van der Waals surface area contributed by atoms with Crippen LogP contribution in [0.15, 0.2) is 18.2 Å². The molecule has 0 amide bonds. The number of benzene rings is 1. The van der Waals surface area contributed by atoms with E-state index >= 15 is 0 Å². The van der Waals surface area contributed by atoms with E-state index in [-0.39, 0.29) is 11.5 Å². The molecule has 0 saturated carbocycles. The van der Waals surface area contributed by atoms with Gasteiger partial charge in [0.2, 0.25) is 0 Å². The fraction of sp³-hybridized carbons (Fsp3) is 0.333. The second kappa shape index (κ2) is 6.53. The molecule has 2 unspecified atom stereocenters. The Morgan fingerprint density at radius 2 is 2.28 bits per heavy atom. The highest BCUT2D eigenvalue weighted by Gasteiger charge is 2.15. The monoisotopic (exact) mass is 285 g/mol. The maximum absolute atomic E-state index is 11.8. The van der Waals surface area contributed by atoms with E-state index in [4.69, 9.17) is 22.0 Å². The van der Waals surface area contributed by atoms with Gasteiger partial charge in [0.1, 0.15) is 0 Å². The van der Waals surface area contributed by atoms with Crippen LogP contribution in [-0.4, -0.2) is 21.0 Å². The molecule has 0 saturated heterocycles. The second-order valence-electron chi connectivity index (χ2n) is 3.91. The average molecular weight is 286 g/mol. The molecule has 1 rings (SSSR count). The van der Waals surface area contributed by atoms with Crippen molar-refractivity contribution in [2.75, 3.05) is 5.75 Å². The molecular formula is C12H12ClNO3S. The van der Waals surface area contributed by atoms with Crippen molar-refractivity contribution in [3.8, 4) is 6.07 Å². The normalized spacial score (nSPS) is 13.6. The van der Waals surface area contributed by atoms with Crippen LogP contribution in [0, 0.1) is 17.2 Å². The third kappa shape index (κ3) is 4.13. The summed E-state index contributed by atoms with van der Waals surface area (Å²) in [5.41, 5.74) is 1.10. The van der Waals surface area contributed by atoms with Crippen LogP contribution < -0.4 is 0 Å². The molecule has 0 fully saturated rings. The van der Waals surface area contributed by atoms with Gasteiger partial charge in [0, 0.05) is 21.6 Å². The Morgan fingerprint density at radius 1 is 1.61 bits per heavy atom. The molecule has 1 aromatic carbocycles. The minimum Gasteiger partial charge on any atom is -0.481 e. The first-order chi connectivity index (χ1) is 8.43. The number of hydrogen-bond acceptors (Lipinski definition) is 3. The summed E-state index contributed by atoms with van der Waals surface area (Å²) in [6, 6.07) is 6.71. The zero-order valence-electron chi connectivity index (χ0n) is 9.72. The van der Waals surface area contributed by atoms with Crippen molar-refractivity contribution in [3.63, 3.8) is 0 Å². The van der Waals surface area contributed by atoms with Crippen LogP contribution in [0.25, 0.3) is 0 Å². The number of nitrogens with zero attached hydrogens (tertiary/aromatic N) is 1. The topological polar surface area (TPSA) is 78.2 Å². The van der Waals surface area contributed by atoms with E-state index in [0.717, 1.165) is 0 Å². The zero-order chi connectivity index (χ0) is 13.7. The lowest BCUT2D eigenvalue weighted by Gasteiger charge is -2.07. The van der Waals surface area contributed by atoms with Crippen molar-refractivity contribution in [2.45, 2.75) is 12.7 Å². The van der Waals surface area contributed by atoms with Crippen LogP contribution in [-0.2, 0) is 21.3 Å². The molecule has 0 bridgehead atoms. The van der Waals surface area contributed by atoms with Crippen LogP contribution in [0.1, 0.15) is 18.1 Å². The number of rotatable bonds is 5. The molecule has 2 atom stereocenters. The number of halogens is 1. The highest BCUT2D eigenvalue weighted by Crippen LogP contribution is 2.19. The number of carbonyl (C=O) groups is 1. The van der Waals surface area contributed by atoms with Gasteiger partial charge in [-0.1, -0.05) is 24.6 Å². The fourth-order valence-electron chi connectivity index (χ4n) is 1.32. The standard InChI is InChI=1S/C12H12ClNO3S/c1-8(12(15)16)6-18(17)7-10-3-2-9(5-14)4-11(10)13/h2-4,8H,6-7H2,1H3,(H,15,16). The summed E-state index contributed by atoms with van der Waals surface area (Å²) in [4.78, 5) is 10.6. The minimum absolute atomic E-state index is 0.0890. The number of carboxylic acid groups (broad SMARTS) is 1. The molecule has 18 heavy (non-hydrogen) atoms.